The predicted octanol–water partition coefficient (Wildman–Crippen LogP) is 4.42. The smallest absolute Gasteiger partial charge is 0.255 e. The van der Waals surface area contributed by atoms with E-state index in [1.165, 1.54) is 35.8 Å². The number of methoxy groups -OCH3 is 1. The van der Waals surface area contributed by atoms with Crippen LogP contribution >= 0.6 is 0 Å². The van der Waals surface area contributed by atoms with E-state index in [0.29, 0.717) is 0 Å². The standard InChI is InChI=1S/C25H26N2O4S/c1-31-22-14-12-18(15-23(22)32(29,30)27-19-6-2-3-7-19)25(28)26-21-13-11-17-10-9-16-5-4-8-20(21)24(16)17/h4-5,8,11-15,19,27H,2-3,6-7,9-10H2,1H3,(H,26,28). The van der Waals surface area contributed by atoms with E-state index in [2.05, 4.69) is 22.2 Å². The van der Waals surface area contributed by atoms with Crippen LogP contribution < -0.4 is 14.8 Å². The van der Waals surface area contributed by atoms with Gasteiger partial charge in [0.15, 0.2) is 0 Å². The monoisotopic (exact) mass is 450 g/mol. The maximum absolute atomic E-state index is 13.1. The van der Waals surface area contributed by atoms with Gasteiger partial charge in [0, 0.05) is 22.7 Å². The lowest BCUT2D eigenvalue weighted by atomic mass is 10.0. The van der Waals surface area contributed by atoms with Gasteiger partial charge in [0.2, 0.25) is 10.0 Å². The summed E-state index contributed by atoms with van der Waals surface area (Å²) in [5.74, 6) is -0.138. The second-order valence-corrected chi connectivity index (χ2v) is 10.2. The Morgan fingerprint density at radius 3 is 2.50 bits per heavy atom. The van der Waals surface area contributed by atoms with Gasteiger partial charge in [0.1, 0.15) is 10.6 Å². The summed E-state index contributed by atoms with van der Waals surface area (Å²) in [5, 5.41) is 5.20. The molecule has 0 atom stereocenters. The minimum absolute atomic E-state index is 0.0139. The quantitative estimate of drug-likeness (QED) is 0.582. The summed E-state index contributed by atoms with van der Waals surface area (Å²) in [5.41, 5.74) is 3.58. The third-order valence-electron chi connectivity index (χ3n) is 6.52. The Balaban J connectivity index is 1.46. The number of carbonyl (C=O) groups excluding carboxylic acids is 1. The van der Waals surface area contributed by atoms with Gasteiger partial charge in [-0.15, -0.1) is 0 Å². The molecule has 0 saturated heterocycles. The van der Waals surface area contributed by atoms with Crippen molar-refractivity contribution in [3.63, 3.8) is 0 Å². The van der Waals surface area contributed by atoms with Crippen LogP contribution in [0.15, 0.2) is 53.4 Å². The fourth-order valence-corrected chi connectivity index (χ4v) is 6.40. The SMILES string of the molecule is COc1ccc(C(=O)Nc2ccc3c4c(cccc24)CC3)cc1S(=O)(=O)NC1CCCC1. The molecule has 0 spiro atoms. The van der Waals surface area contributed by atoms with Crippen LogP contribution in [0.25, 0.3) is 10.8 Å². The van der Waals surface area contributed by atoms with Gasteiger partial charge in [0.05, 0.1) is 7.11 Å². The summed E-state index contributed by atoms with van der Waals surface area (Å²) >= 11 is 0. The van der Waals surface area contributed by atoms with Crippen molar-refractivity contribution in [1.29, 1.82) is 0 Å². The summed E-state index contributed by atoms with van der Waals surface area (Å²) < 4.78 is 34.1. The first kappa shape index (κ1) is 21.0. The minimum atomic E-state index is -3.81. The van der Waals surface area contributed by atoms with Crippen LogP contribution in [0.5, 0.6) is 5.75 Å². The van der Waals surface area contributed by atoms with E-state index in [1.54, 1.807) is 6.07 Å². The number of carbonyl (C=O) groups is 1. The predicted molar refractivity (Wildman–Crippen MR) is 125 cm³/mol. The van der Waals surface area contributed by atoms with E-state index in [0.717, 1.165) is 49.6 Å². The number of benzene rings is 3. The van der Waals surface area contributed by atoms with Crippen molar-refractivity contribution in [3.05, 3.63) is 65.2 Å². The zero-order valence-electron chi connectivity index (χ0n) is 18.0. The molecule has 1 fully saturated rings. The van der Waals surface area contributed by atoms with Gasteiger partial charge in [-0.3, -0.25) is 4.79 Å². The minimum Gasteiger partial charge on any atom is -0.495 e. The average molecular weight is 451 g/mol. The van der Waals surface area contributed by atoms with E-state index < -0.39 is 10.0 Å². The maximum Gasteiger partial charge on any atom is 0.255 e. The molecule has 0 unspecified atom stereocenters. The molecule has 166 valence electrons. The van der Waals surface area contributed by atoms with Crippen LogP contribution in [0.3, 0.4) is 0 Å². The van der Waals surface area contributed by atoms with Crippen molar-refractivity contribution < 1.29 is 17.9 Å². The topological polar surface area (TPSA) is 84.5 Å². The number of anilines is 1. The number of aryl methyl sites for hydroxylation is 2. The van der Waals surface area contributed by atoms with Crippen LogP contribution in [0.4, 0.5) is 5.69 Å². The summed E-state index contributed by atoms with van der Waals surface area (Å²) in [4.78, 5) is 13.1. The summed E-state index contributed by atoms with van der Waals surface area (Å²) in [7, 11) is -2.38. The van der Waals surface area contributed by atoms with Crippen LogP contribution in [-0.4, -0.2) is 27.5 Å². The van der Waals surface area contributed by atoms with Gasteiger partial charge in [-0.25, -0.2) is 13.1 Å². The third kappa shape index (κ3) is 3.76. The van der Waals surface area contributed by atoms with Crippen molar-refractivity contribution >= 4 is 32.4 Å². The number of hydrogen-bond acceptors (Lipinski definition) is 4. The molecule has 0 heterocycles. The average Bonchev–Trinajstić information content (AvgIpc) is 3.45. The highest BCUT2D eigenvalue weighted by molar-refractivity contribution is 7.89. The van der Waals surface area contributed by atoms with Crippen molar-refractivity contribution in [2.45, 2.75) is 49.5 Å². The van der Waals surface area contributed by atoms with E-state index in [9.17, 15) is 13.2 Å². The van der Waals surface area contributed by atoms with Crippen molar-refractivity contribution in [1.82, 2.24) is 4.72 Å². The second-order valence-electron chi connectivity index (χ2n) is 8.53. The first-order chi connectivity index (χ1) is 15.5. The number of sulfonamides is 1. The van der Waals surface area contributed by atoms with Crippen molar-refractivity contribution in [2.75, 3.05) is 12.4 Å². The second kappa shape index (κ2) is 8.22. The van der Waals surface area contributed by atoms with E-state index >= 15 is 0 Å². The van der Waals surface area contributed by atoms with Gasteiger partial charge in [0.25, 0.3) is 5.91 Å². The van der Waals surface area contributed by atoms with E-state index in [1.807, 2.05) is 18.2 Å². The summed E-state index contributed by atoms with van der Waals surface area (Å²) in [6.45, 7) is 0. The third-order valence-corrected chi connectivity index (χ3v) is 8.06. The highest BCUT2D eigenvalue weighted by atomic mass is 32.2. The van der Waals surface area contributed by atoms with Gasteiger partial charge in [-0.05, 0) is 66.5 Å². The van der Waals surface area contributed by atoms with E-state index in [4.69, 9.17) is 4.74 Å². The molecule has 32 heavy (non-hydrogen) atoms. The Morgan fingerprint density at radius 1 is 1.00 bits per heavy atom. The number of hydrogen-bond donors (Lipinski definition) is 2. The first-order valence-corrected chi connectivity index (χ1v) is 12.5. The van der Waals surface area contributed by atoms with Crippen LogP contribution in [0.2, 0.25) is 0 Å². The highest BCUT2D eigenvalue weighted by Crippen LogP contribution is 2.35. The molecule has 0 aromatic heterocycles. The molecular weight excluding hydrogens is 424 g/mol. The number of rotatable bonds is 6. The molecule has 1 saturated carbocycles. The molecule has 3 aromatic rings. The number of amides is 1. The van der Waals surface area contributed by atoms with Crippen LogP contribution in [0, 0.1) is 0 Å². The van der Waals surface area contributed by atoms with Crippen LogP contribution in [0.1, 0.15) is 47.2 Å². The number of ether oxygens (including phenoxy) is 1. The molecule has 2 aliphatic rings. The molecule has 7 heteroatoms. The van der Waals surface area contributed by atoms with Crippen LogP contribution in [-0.2, 0) is 22.9 Å². The molecule has 2 N–H and O–H groups in total. The fraction of sp³-hybridized carbons (Fsp3) is 0.320. The molecule has 0 bridgehead atoms. The molecule has 0 aliphatic heterocycles. The normalized spacial score (nSPS) is 15.9. The zero-order valence-corrected chi connectivity index (χ0v) is 18.8. The van der Waals surface area contributed by atoms with Gasteiger partial charge >= 0.3 is 0 Å². The Labute approximate surface area is 188 Å². The largest absolute Gasteiger partial charge is 0.495 e. The van der Waals surface area contributed by atoms with Crippen molar-refractivity contribution in [2.24, 2.45) is 0 Å². The highest BCUT2D eigenvalue weighted by Gasteiger charge is 2.27. The molecule has 1 amide bonds. The Morgan fingerprint density at radius 2 is 1.75 bits per heavy atom. The number of nitrogens with one attached hydrogen (secondary N) is 2. The lowest BCUT2D eigenvalue weighted by molar-refractivity contribution is 0.102. The molecule has 0 radical (unpaired) electrons. The Hall–Kier alpha value is -2.90. The molecule has 2 aliphatic carbocycles. The maximum atomic E-state index is 13.1. The summed E-state index contributed by atoms with van der Waals surface area (Å²) in [6, 6.07) is 14.6. The lowest BCUT2D eigenvalue weighted by Crippen LogP contribution is -2.33. The zero-order chi connectivity index (χ0) is 22.3. The molecule has 5 rings (SSSR count). The van der Waals surface area contributed by atoms with Crippen molar-refractivity contribution in [3.8, 4) is 5.75 Å². The first-order valence-electron chi connectivity index (χ1n) is 11.0. The van der Waals surface area contributed by atoms with Gasteiger partial charge < -0.3 is 10.1 Å². The lowest BCUT2D eigenvalue weighted by Gasteiger charge is -2.16. The Kier molecular flexibility index (Phi) is 5.39. The molecular formula is C25H26N2O4S. The van der Waals surface area contributed by atoms with Gasteiger partial charge in [-0.2, -0.15) is 0 Å². The Bertz CT molecular complexity index is 1300. The van der Waals surface area contributed by atoms with E-state index in [-0.39, 0.29) is 28.2 Å². The summed E-state index contributed by atoms with van der Waals surface area (Å²) in [6.07, 6.45) is 5.71. The fourth-order valence-electron chi connectivity index (χ4n) is 4.90. The molecule has 6 nitrogen and oxygen atoms in total. The molecule has 3 aromatic carbocycles. The van der Waals surface area contributed by atoms with Gasteiger partial charge in [-0.1, -0.05) is 37.1 Å².